The molecule has 3 N–H and O–H groups in total. The zero-order valence-corrected chi connectivity index (χ0v) is 15.8. The van der Waals surface area contributed by atoms with Gasteiger partial charge in [0.2, 0.25) is 0 Å². The highest BCUT2D eigenvalue weighted by atomic mass is 127. The second-order valence-corrected chi connectivity index (χ2v) is 5.91. The van der Waals surface area contributed by atoms with E-state index in [1.807, 2.05) is 6.92 Å². The number of nitrogens with zero attached hydrogens (tertiary/aromatic N) is 1. The fourth-order valence-corrected chi connectivity index (χ4v) is 2.48. The van der Waals surface area contributed by atoms with Gasteiger partial charge in [-0.1, -0.05) is 0 Å². The molecule has 130 valence electrons. The lowest BCUT2D eigenvalue weighted by atomic mass is 9.80. The maximum atomic E-state index is 10.1. The van der Waals surface area contributed by atoms with Crippen LogP contribution in [0.5, 0.6) is 0 Å². The minimum absolute atomic E-state index is 0. The van der Waals surface area contributed by atoms with E-state index in [2.05, 4.69) is 15.6 Å². The summed E-state index contributed by atoms with van der Waals surface area (Å²) in [7, 11) is 0. The van der Waals surface area contributed by atoms with Crippen LogP contribution in [0.15, 0.2) is 4.99 Å². The van der Waals surface area contributed by atoms with E-state index < -0.39 is 5.60 Å². The highest BCUT2D eigenvalue weighted by Gasteiger charge is 2.34. The first-order valence-corrected chi connectivity index (χ1v) is 8.16. The molecule has 22 heavy (non-hydrogen) atoms. The lowest BCUT2D eigenvalue weighted by Crippen LogP contribution is -2.43. The van der Waals surface area contributed by atoms with E-state index in [0.29, 0.717) is 6.54 Å². The van der Waals surface area contributed by atoms with Crippen molar-refractivity contribution in [2.24, 2.45) is 4.99 Å². The van der Waals surface area contributed by atoms with Gasteiger partial charge < -0.3 is 25.2 Å². The fourth-order valence-electron chi connectivity index (χ4n) is 2.48. The summed E-state index contributed by atoms with van der Waals surface area (Å²) in [6.45, 7) is 6.46. The van der Waals surface area contributed by atoms with Gasteiger partial charge >= 0.3 is 0 Å². The van der Waals surface area contributed by atoms with Gasteiger partial charge in [0.25, 0.3) is 0 Å². The molecule has 0 amide bonds. The topological polar surface area (TPSA) is 75.1 Å². The molecule has 1 saturated heterocycles. The number of hydrogen-bond donors (Lipinski definition) is 3. The van der Waals surface area contributed by atoms with E-state index in [9.17, 15) is 5.11 Å². The molecule has 1 unspecified atom stereocenters. The average molecular weight is 427 g/mol. The van der Waals surface area contributed by atoms with Crippen LogP contribution in [0.25, 0.3) is 0 Å². The standard InChI is InChI=1S/C15H29N3O3.HI/c1-2-16-14(18-12-15(19)6-3-7-15)17-8-4-9-21-13-5-10-20-11-13;/h13,19H,2-12H2,1H3,(H2,16,17,18);1H. The van der Waals surface area contributed by atoms with Crippen LogP contribution in [0, 0.1) is 0 Å². The molecule has 2 rings (SSSR count). The third kappa shape index (κ3) is 6.97. The Morgan fingerprint density at radius 1 is 1.41 bits per heavy atom. The Bertz CT molecular complexity index is 332. The van der Waals surface area contributed by atoms with E-state index in [1.54, 1.807) is 0 Å². The van der Waals surface area contributed by atoms with Crippen LogP contribution in [0.2, 0.25) is 0 Å². The molecule has 0 aromatic carbocycles. The Balaban J connectivity index is 0.00000242. The predicted octanol–water partition coefficient (Wildman–Crippen LogP) is 1.27. The molecule has 1 aliphatic heterocycles. The molecule has 7 heteroatoms. The van der Waals surface area contributed by atoms with Crippen LogP contribution in [0.3, 0.4) is 0 Å². The van der Waals surface area contributed by atoms with Crippen molar-refractivity contribution in [1.82, 2.24) is 10.6 Å². The van der Waals surface area contributed by atoms with Crippen molar-refractivity contribution in [2.45, 2.75) is 50.7 Å². The Kier molecular flexibility index (Phi) is 9.62. The number of nitrogens with one attached hydrogen (secondary N) is 2. The normalized spacial score (nSPS) is 23.5. The third-order valence-corrected chi connectivity index (χ3v) is 4.01. The minimum atomic E-state index is -0.562. The summed E-state index contributed by atoms with van der Waals surface area (Å²) in [4.78, 5) is 4.47. The van der Waals surface area contributed by atoms with Crippen molar-refractivity contribution >= 4 is 29.9 Å². The fraction of sp³-hybridized carbons (Fsp3) is 0.933. The molecule has 0 spiro atoms. The van der Waals surface area contributed by atoms with Crippen LogP contribution in [-0.4, -0.2) is 62.2 Å². The Morgan fingerprint density at radius 3 is 2.82 bits per heavy atom. The Labute approximate surface area is 150 Å². The first kappa shape index (κ1) is 19.9. The zero-order valence-electron chi connectivity index (χ0n) is 13.5. The van der Waals surface area contributed by atoms with E-state index in [4.69, 9.17) is 9.47 Å². The van der Waals surface area contributed by atoms with E-state index in [-0.39, 0.29) is 30.1 Å². The minimum Gasteiger partial charge on any atom is -0.388 e. The Morgan fingerprint density at radius 2 is 2.23 bits per heavy atom. The number of aliphatic hydroxyl groups is 1. The van der Waals surface area contributed by atoms with Gasteiger partial charge in [0.1, 0.15) is 0 Å². The van der Waals surface area contributed by atoms with Gasteiger partial charge in [-0.05, 0) is 39.0 Å². The highest BCUT2D eigenvalue weighted by molar-refractivity contribution is 14.0. The molecule has 0 radical (unpaired) electrons. The largest absolute Gasteiger partial charge is 0.388 e. The summed E-state index contributed by atoms with van der Waals surface area (Å²) in [5.74, 6) is 0.780. The summed E-state index contributed by atoms with van der Waals surface area (Å²) in [5, 5.41) is 16.5. The number of ether oxygens (including phenoxy) is 2. The molecule has 0 aromatic rings. The molecule has 1 aliphatic carbocycles. The monoisotopic (exact) mass is 427 g/mol. The lowest BCUT2D eigenvalue weighted by molar-refractivity contribution is -0.0236. The van der Waals surface area contributed by atoms with Crippen molar-refractivity contribution in [2.75, 3.05) is 39.5 Å². The zero-order chi connectivity index (χ0) is 15.0. The second-order valence-electron chi connectivity index (χ2n) is 5.91. The van der Waals surface area contributed by atoms with Gasteiger partial charge in [0.05, 0.1) is 24.9 Å². The van der Waals surface area contributed by atoms with Crippen molar-refractivity contribution in [1.29, 1.82) is 0 Å². The van der Waals surface area contributed by atoms with Gasteiger partial charge in [-0.25, -0.2) is 0 Å². The molecular formula is C15H30IN3O3. The molecule has 1 atom stereocenters. The number of rotatable bonds is 8. The summed E-state index contributed by atoms with van der Waals surface area (Å²) in [6, 6.07) is 0. The van der Waals surface area contributed by atoms with E-state index in [1.165, 1.54) is 0 Å². The second kappa shape index (κ2) is 10.6. The van der Waals surface area contributed by atoms with Gasteiger partial charge in [-0.2, -0.15) is 0 Å². The van der Waals surface area contributed by atoms with E-state index >= 15 is 0 Å². The van der Waals surface area contributed by atoms with Crippen LogP contribution in [-0.2, 0) is 9.47 Å². The van der Waals surface area contributed by atoms with Crippen LogP contribution >= 0.6 is 24.0 Å². The molecule has 2 aliphatic rings. The summed E-state index contributed by atoms with van der Waals surface area (Å²) >= 11 is 0. The number of guanidine groups is 1. The summed E-state index contributed by atoms with van der Waals surface area (Å²) in [5.41, 5.74) is -0.562. The van der Waals surface area contributed by atoms with Crippen molar-refractivity contribution < 1.29 is 14.6 Å². The molecular weight excluding hydrogens is 397 g/mol. The highest BCUT2D eigenvalue weighted by Crippen LogP contribution is 2.31. The van der Waals surface area contributed by atoms with Crippen molar-refractivity contribution in [3.63, 3.8) is 0 Å². The van der Waals surface area contributed by atoms with Crippen LogP contribution < -0.4 is 10.6 Å². The van der Waals surface area contributed by atoms with Gasteiger partial charge in [-0.15, -0.1) is 24.0 Å². The molecule has 1 saturated carbocycles. The van der Waals surface area contributed by atoms with Crippen LogP contribution in [0.1, 0.15) is 39.0 Å². The van der Waals surface area contributed by atoms with Crippen molar-refractivity contribution in [3.05, 3.63) is 0 Å². The maximum absolute atomic E-state index is 10.1. The predicted molar refractivity (Wildman–Crippen MR) is 98.0 cm³/mol. The molecule has 2 fully saturated rings. The molecule has 1 heterocycles. The molecule has 0 aromatic heterocycles. The van der Waals surface area contributed by atoms with E-state index in [0.717, 1.165) is 71.0 Å². The van der Waals surface area contributed by atoms with Crippen molar-refractivity contribution in [3.8, 4) is 0 Å². The first-order chi connectivity index (χ1) is 10.2. The number of hydrogen-bond acceptors (Lipinski definition) is 4. The van der Waals surface area contributed by atoms with Gasteiger partial charge in [0, 0.05) is 26.3 Å². The summed E-state index contributed by atoms with van der Waals surface area (Å²) in [6.07, 6.45) is 5.07. The average Bonchev–Trinajstić information content (AvgIpc) is 2.95. The number of aliphatic imine (C=N–C) groups is 1. The number of halogens is 1. The SMILES string of the molecule is CCNC(=NCC1(O)CCC1)NCCCOC1CCOC1.I. The summed E-state index contributed by atoms with van der Waals surface area (Å²) < 4.78 is 11.0. The quantitative estimate of drug-likeness (QED) is 0.236. The van der Waals surface area contributed by atoms with Crippen LogP contribution in [0.4, 0.5) is 0 Å². The third-order valence-electron chi connectivity index (χ3n) is 4.01. The van der Waals surface area contributed by atoms with Gasteiger partial charge in [0.15, 0.2) is 5.96 Å². The molecule has 0 bridgehead atoms. The van der Waals surface area contributed by atoms with Gasteiger partial charge in [-0.3, -0.25) is 4.99 Å². The lowest BCUT2D eigenvalue weighted by Gasteiger charge is -2.35. The first-order valence-electron chi connectivity index (χ1n) is 8.16. The maximum Gasteiger partial charge on any atom is 0.191 e. The molecule has 6 nitrogen and oxygen atoms in total. The Hall–Kier alpha value is -0.120. The smallest absolute Gasteiger partial charge is 0.191 e.